The van der Waals surface area contributed by atoms with Gasteiger partial charge < -0.3 is 9.88 Å². The summed E-state index contributed by atoms with van der Waals surface area (Å²) in [6, 6.07) is 20.0. The van der Waals surface area contributed by atoms with Gasteiger partial charge in [0.25, 0.3) is 5.91 Å². The van der Waals surface area contributed by atoms with Crippen molar-refractivity contribution in [1.82, 2.24) is 9.88 Å². The second kappa shape index (κ2) is 7.29. The zero-order chi connectivity index (χ0) is 18.8. The molecule has 0 aliphatic carbocycles. The molecule has 1 aliphatic rings. The van der Waals surface area contributed by atoms with E-state index in [1.807, 2.05) is 73.8 Å². The van der Waals surface area contributed by atoms with Crippen LogP contribution < -0.4 is 5.32 Å². The number of hydrogen-bond acceptors (Lipinski definition) is 3. The SMILES string of the molecule is Cc1cccc(N=C2NC(=O)/C(=C/c3cccn3-c3ccccc3)S2)c1C. The predicted octanol–water partition coefficient (Wildman–Crippen LogP) is 4.99. The number of amidine groups is 1. The number of carbonyl (C=O) groups excluding carboxylic acids is 1. The Morgan fingerprint density at radius 3 is 2.63 bits per heavy atom. The molecule has 4 rings (SSSR count). The van der Waals surface area contributed by atoms with E-state index in [1.54, 1.807) is 0 Å². The lowest BCUT2D eigenvalue weighted by Gasteiger charge is -2.06. The third kappa shape index (κ3) is 3.59. The van der Waals surface area contributed by atoms with E-state index in [1.165, 1.54) is 17.3 Å². The first-order valence-electron chi connectivity index (χ1n) is 8.70. The molecule has 5 heteroatoms. The highest BCUT2D eigenvalue weighted by Gasteiger charge is 2.24. The van der Waals surface area contributed by atoms with Crippen LogP contribution in [0.4, 0.5) is 5.69 Å². The van der Waals surface area contributed by atoms with Crippen molar-refractivity contribution in [2.75, 3.05) is 0 Å². The van der Waals surface area contributed by atoms with Crippen LogP contribution in [0.3, 0.4) is 0 Å². The summed E-state index contributed by atoms with van der Waals surface area (Å²) in [6.07, 6.45) is 3.89. The van der Waals surface area contributed by atoms with Crippen LogP contribution in [0.2, 0.25) is 0 Å². The molecule has 3 aromatic rings. The normalized spacial score (nSPS) is 16.9. The monoisotopic (exact) mass is 373 g/mol. The maximum Gasteiger partial charge on any atom is 0.264 e. The lowest BCUT2D eigenvalue weighted by molar-refractivity contribution is -0.115. The van der Waals surface area contributed by atoms with Crippen LogP contribution in [0.5, 0.6) is 0 Å². The minimum atomic E-state index is -0.120. The first-order chi connectivity index (χ1) is 13.1. The van der Waals surface area contributed by atoms with Crippen molar-refractivity contribution < 1.29 is 4.79 Å². The molecule has 0 unspecified atom stereocenters. The van der Waals surface area contributed by atoms with Gasteiger partial charge in [0.05, 0.1) is 10.6 Å². The van der Waals surface area contributed by atoms with Gasteiger partial charge in [-0.05, 0) is 73.1 Å². The smallest absolute Gasteiger partial charge is 0.264 e. The van der Waals surface area contributed by atoms with Crippen LogP contribution in [-0.4, -0.2) is 15.6 Å². The van der Waals surface area contributed by atoms with E-state index in [-0.39, 0.29) is 5.91 Å². The molecule has 0 radical (unpaired) electrons. The fourth-order valence-electron chi connectivity index (χ4n) is 2.92. The standard InChI is InChI=1S/C22H19N3OS/c1-15-8-6-12-19(16(15)2)23-22-24-21(26)20(27-22)14-18-11-7-13-25(18)17-9-4-3-5-10-17/h3-14H,1-2H3,(H,23,24,26)/b20-14-. The Balaban J connectivity index is 1.63. The summed E-state index contributed by atoms with van der Waals surface area (Å²) in [5, 5.41) is 3.48. The van der Waals surface area contributed by atoms with Crippen LogP contribution in [0.25, 0.3) is 11.8 Å². The summed E-state index contributed by atoms with van der Waals surface area (Å²) in [6.45, 7) is 4.10. The summed E-state index contributed by atoms with van der Waals surface area (Å²) < 4.78 is 2.06. The minimum absolute atomic E-state index is 0.120. The molecule has 0 saturated carbocycles. The van der Waals surface area contributed by atoms with Gasteiger partial charge in [-0.3, -0.25) is 4.79 Å². The third-order valence-electron chi connectivity index (χ3n) is 4.54. The highest BCUT2D eigenvalue weighted by Crippen LogP contribution is 2.30. The number of nitrogens with one attached hydrogen (secondary N) is 1. The number of benzene rings is 2. The van der Waals surface area contributed by atoms with E-state index in [0.29, 0.717) is 10.1 Å². The molecule has 0 bridgehead atoms. The number of hydrogen-bond donors (Lipinski definition) is 1. The van der Waals surface area contributed by atoms with Crippen molar-refractivity contribution >= 4 is 34.6 Å². The molecule has 1 saturated heterocycles. The van der Waals surface area contributed by atoms with E-state index < -0.39 is 0 Å². The number of rotatable bonds is 3. The van der Waals surface area contributed by atoms with E-state index in [2.05, 4.69) is 27.9 Å². The molecule has 1 N–H and O–H groups in total. The van der Waals surface area contributed by atoms with Crippen LogP contribution in [0, 0.1) is 13.8 Å². The zero-order valence-corrected chi connectivity index (χ0v) is 16.0. The Kier molecular flexibility index (Phi) is 4.69. The lowest BCUT2D eigenvalue weighted by Crippen LogP contribution is -2.19. The Morgan fingerprint density at radius 2 is 1.81 bits per heavy atom. The number of aromatic nitrogens is 1. The summed E-state index contributed by atoms with van der Waals surface area (Å²) in [7, 11) is 0. The second-order valence-corrected chi connectivity index (χ2v) is 7.37. The average molecular weight is 373 g/mol. The van der Waals surface area contributed by atoms with Gasteiger partial charge in [0.2, 0.25) is 0 Å². The fraction of sp³-hybridized carbons (Fsp3) is 0.0909. The first kappa shape index (κ1) is 17.4. The highest BCUT2D eigenvalue weighted by atomic mass is 32.2. The summed E-state index contributed by atoms with van der Waals surface area (Å²) in [5.74, 6) is -0.120. The van der Waals surface area contributed by atoms with Crippen molar-refractivity contribution in [2.24, 2.45) is 4.99 Å². The molecule has 134 valence electrons. The van der Waals surface area contributed by atoms with Gasteiger partial charge in [-0.1, -0.05) is 30.3 Å². The van der Waals surface area contributed by atoms with E-state index in [4.69, 9.17) is 0 Å². The molecule has 1 aromatic heterocycles. The van der Waals surface area contributed by atoms with Gasteiger partial charge in [-0.2, -0.15) is 0 Å². The van der Waals surface area contributed by atoms with E-state index in [0.717, 1.165) is 22.6 Å². The predicted molar refractivity (Wildman–Crippen MR) is 112 cm³/mol. The Morgan fingerprint density at radius 1 is 1.00 bits per heavy atom. The van der Waals surface area contributed by atoms with Crippen molar-refractivity contribution in [3.63, 3.8) is 0 Å². The van der Waals surface area contributed by atoms with Crippen LogP contribution in [0.1, 0.15) is 16.8 Å². The second-order valence-electron chi connectivity index (χ2n) is 6.34. The van der Waals surface area contributed by atoms with Gasteiger partial charge in [0, 0.05) is 17.6 Å². The average Bonchev–Trinajstić information content (AvgIpc) is 3.27. The molecule has 4 nitrogen and oxygen atoms in total. The molecule has 1 fully saturated rings. The van der Waals surface area contributed by atoms with E-state index in [9.17, 15) is 4.79 Å². The number of carbonyl (C=O) groups is 1. The topological polar surface area (TPSA) is 46.4 Å². The molecule has 27 heavy (non-hydrogen) atoms. The number of aryl methyl sites for hydroxylation is 1. The molecular weight excluding hydrogens is 354 g/mol. The van der Waals surface area contributed by atoms with E-state index >= 15 is 0 Å². The van der Waals surface area contributed by atoms with Gasteiger partial charge in [-0.15, -0.1) is 0 Å². The van der Waals surface area contributed by atoms with Gasteiger partial charge in [0.15, 0.2) is 5.17 Å². The maximum absolute atomic E-state index is 12.4. The van der Waals surface area contributed by atoms with Crippen molar-refractivity contribution in [3.8, 4) is 5.69 Å². The summed E-state index contributed by atoms with van der Waals surface area (Å²) >= 11 is 1.37. The fourth-order valence-corrected chi connectivity index (χ4v) is 3.74. The van der Waals surface area contributed by atoms with Crippen LogP contribution >= 0.6 is 11.8 Å². The largest absolute Gasteiger partial charge is 0.317 e. The zero-order valence-electron chi connectivity index (χ0n) is 15.1. The number of amides is 1. The number of thioether (sulfide) groups is 1. The Labute approximate surface area is 162 Å². The molecule has 2 aromatic carbocycles. The Hall–Kier alpha value is -3.05. The summed E-state index contributed by atoms with van der Waals surface area (Å²) in [4.78, 5) is 17.7. The van der Waals surface area contributed by atoms with Crippen LogP contribution in [0.15, 0.2) is 76.8 Å². The lowest BCUT2D eigenvalue weighted by atomic mass is 10.1. The molecule has 2 heterocycles. The molecule has 0 atom stereocenters. The molecule has 0 spiro atoms. The first-order valence-corrected chi connectivity index (χ1v) is 9.52. The number of nitrogens with zero attached hydrogens (tertiary/aromatic N) is 2. The van der Waals surface area contributed by atoms with Crippen molar-refractivity contribution in [2.45, 2.75) is 13.8 Å². The highest BCUT2D eigenvalue weighted by molar-refractivity contribution is 8.18. The van der Waals surface area contributed by atoms with Gasteiger partial charge in [-0.25, -0.2) is 4.99 Å². The summed E-state index contributed by atoms with van der Waals surface area (Å²) in [5.41, 5.74) is 5.19. The molecule has 1 amide bonds. The third-order valence-corrected chi connectivity index (χ3v) is 5.45. The maximum atomic E-state index is 12.4. The van der Waals surface area contributed by atoms with Crippen LogP contribution in [-0.2, 0) is 4.79 Å². The molecular formula is C22H19N3OS. The number of para-hydroxylation sites is 1. The van der Waals surface area contributed by atoms with Crippen molar-refractivity contribution in [1.29, 1.82) is 0 Å². The number of aliphatic imine (C=N–C) groups is 1. The van der Waals surface area contributed by atoms with Gasteiger partial charge in [0.1, 0.15) is 0 Å². The minimum Gasteiger partial charge on any atom is -0.317 e. The Bertz CT molecular complexity index is 1060. The molecule has 1 aliphatic heterocycles. The van der Waals surface area contributed by atoms with Crippen molar-refractivity contribution in [3.05, 3.63) is 88.6 Å². The quantitative estimate of drug-likeness (QED) is 0.658. The van der Waals surface area contributed by atoms with Gasteiger partial charge >= 0.3 is 0 Å².